The summed E-state index contributed by atoms with van der Waals surface area (Å²) in [7, 11) is 0. The SMILES string of the molecule is Cc1cc(C)c(C2C(=O)c3ccc(C)cc3C2=O)c(C)c1. The van der Waals surface area contributed by atoms with Gasteiger partial charge in [-0.25, -0.2) is 0 Å². The summed E-state index contributed by atoms with van der Waals surface area (Å²) in [5.41, 5.74) is 6.21. The first-order chi connectivity index (χ1) is 9.90. The van der Waals surface area contributed by atoms with Crippen LogP contribution in [-0.2, 0) is 0 Å². The van der Waals surface area contributed by atoms with Crippen molar-refractivity contribution in [3.05, 3.63) is 69.3 Å². The van der Waals surface area contributed by atoms with Gasteiger partial charge in [-0.05, 0) is 50.5 Å². The van der Waals surface area contributed by atoms with E-state index < -0.39 is 5.92 Å². The maximum absolute atomic E-state index is 12.7. The van der Waals surface area contributed by atoms with Crippen LogP contribution in [0.4, 0.5) is 0 Å². The molecule has 0 spiro atoms. The van der Waals surface area contributed by atoms with Gasteiger partial charge in [0, 0.05) is 11.1 Å². The molecule has 0 aliphatic heterocycles. The molecule has 1 aliphatic rings. The molecule has 0 aromatic heterocycles. The number of rotatable bonds is 1. The Bertz CT molecular complexity index is 761. The third-order valence-corrected chi connectivity index (χ3v) is 4.26. The van der Waals surface area contributed by atoms with Crippen molar-refractivity contribution < 1.29 is 9.59 Å². The normalized spacial score (nSPS) is 17.2. The molecule has 0 N–H and O–H groups in total. The highest BCUT2D eigenvalue weighted by Crippen LogP contribution is 2.37. The Morgan fingerprint density at radius 3 is 1.90 bits per heavy atom. The Morgan fingerprint density at radius 1 is 0.714 bits per heavy atom. The molecule has 0 amide bonds. The smallest absolute Gasteiger partial charge is 0.178 e. The van der Waals surface area contributed by atoms with E-state index in [1.807, 2.05) is 52.0 Å². The molecule has 1 atom stereocenters. The average Bonchev–Trinajstić information content (AvgIpc) is 2.62. The number of ketones is 2. The van der Waals surface area contributed by atoms with E-state index in [0.29, 0.717) is 11.1 Å². The van der Waals surface area contributed by atoms with Crippen LogP contribution in [0.2, 0.25) is 0 Å². The number of Topliss-reactive ketones (excluding diaryl/α,β-unsaturated/α-hetero) is 2. The van der Waals surface area contributed by atoms with E-state index in [2.05, 4.69) is 0 Å². The maximum Gasteiger partial charge on any atom is 0.178 e. The first-order valence-electron chi connectivity index (χ1n) is 7.17. The predicted molar refractivity (Wildman–Crippen MR) is 83.2 cm³/mol. The fourth-order valence-electron chi connectivity index (χ4n) is 3.42. The van der Waals surface area contributed by atoms with Gasteiger partial charge in [-0.2, -0.15) is 0 Å². The maximum atomic E-state index is 12.7. The molecular formula is C19H18O2. The molecule has 2 nitrogen and oxygen atoms in total. The lowest BCUT2D eigenvalue weighted by Gasteiger charge is -2.15. The Morgan fingerprint density at radius 2 is 1.29 bits per heavy atom. The molecular weight excluding hydrogens is 260 g/mol. The zero-order chi connectivity index (χ0) is 15.3. The second kappa shape index (κ2) is 4.66. The van der Waals surface area contributed by atoms with E-state index in [1.54, 1.807) is 6.07 Å². The molecule has 2 aromatic rings. The van der Waals surface area contributed by atoms with Crippen LogP contribution in [0.15, 0.2) is 30.3 Å². The molecule has 2 heteroatoms. The van der Waals surface area contributed by atoms with E-state index in [-0.39, 0.29) is 11.6 Å². The second-order valence-electron chi connectivity index (χ2n) is 6.02. The van der Waals surface area contributed by atoms with Crippen LogP contribution in [0, 0.1) is 27.7 Å². The predicted octanol–water partition coefficient (Wildman–Crippen LogP) is 4.08. The van der Waals surface area contributed by atoms with Gasteiger partial charge in [-0.1, -0.05) is 35.4 Å². The van der Waals surface area contributed by atoms with Crippen LogP contribution in [0.25, 0.3) is 0 Å². The van der Waals surface area contributed by atoms with Crippen LogP contribution in [-0.4, -0.2) is 11.6 Å². The quantitative estimate of drug-likeness (QED) is 0.736. The lowest BCUT2D eigenvalue weighted by Crippen LogP contribution is -2.16. The molecule has 0 bridgehead atoms. The molecule has 106 valence electrons. The van der Waals surface area contributed by atoms with Crippen molar-refractivity contribution >= 4 is 11.6 Å². The Labute approximate surface area is 124 Å². The highest BCUT2D eigenvalue weighted by Gasteiger charge is 2.40. The standard InChI is InChI=1S/C19H18O2/c1-10-5-6-14-15(9-10)19(21)17(18(14)20)16-12(3)7-11(2)8-13(16)4/h5-9,17H,1-4H3. The summed E-state index contributed by atoms with van der Waals surface area (Å²) in [4.78, 5) is 25.4. The fraction of sp³-hybridized carbons (Fsp3) is 0.263. The lowest BCUT2D eigenvalue weighted by molar-refractivity contribution is 0.0889. The zero-order valence-electron chi connectivity index (χ0n) is 12.8. The highest BCUT2D eigenvalue weighted by atomic mass is 16.2. The van der Waals surface area contributed by atoms with Gasteiger partial charge in [-0.3, -0.25) is 9.59 Å². The van der Waals surface area contributed by atoms with Gasteiger partial charge < -0.3 is 0 Å². The van der Waals surface area contributed by atoms with Gasteiger partial charge in [0.05, 0.1) is 0 Å². The first kappa shape index (κ1) is 13.7. The first-order valence-corrected chi connectivity index (χ1v) is 7.17. The van der Waals surface area contributed by atoms with Crippen LogP contribution in [0.3, 0.4) is 0 Å². The molecule has 2 aromatic carbocycles. The number of benzene rings is 2. The third kappa shape index (κ3) is 2.02. The van der Waals surface area contributed by atoms with Crippen molar-refractivity contribution in [3.63, 3.8) is 0 Å². The van der Waals surface area contributed by atoms with E-state index >= 15 is 0 Å². The molecule has 0 radical (unpaired) electrons. The minimum absolute atomic E-state index is 0.0613. The van der Waals surface area contributed by atoms with Gasteiger partial charge in [0.1, 0.15) is 5.92 Å². The monoisotopic (exact) mass is 278 g/mol. The van der Waals surface area contributed by atoms with Crippen LogP contribution in [0.1, 0.15) is 54.5 Å². The zero-order valence-corrected chi connectivity index (χ0v) is 12.8. The summed E-state index contributed by atoms with van der Waals surface area (Å²) in [6.07, 6.45) is 0. The van der Waals surface area contributed by atoms with Gasteiger partial charge >= 0.3 is 0 Å². The van der Waals surface area contributed by atoms with Gasteiger partial charge in [0.15, 0.2) is 11.6 Å². The summed E-state index contributed by atoms with van der Waals surface area (Å²) < 4.78 is 0. The van der Waals surface area contributed by atoms with E-state index in [4.69, 9.17) is 0 Å². The average molecular weight is 278 g/mol. The molecule has 21 heavy (non-hydrogen) atoms. The Kier molecular flexibility index (Phi) is 3.05. The Balaban J connectivity index is 2.19. The molecule has 0 fully saturated rings. The summed E-state index contributed by atoms with van der Waals surface area (Å²) >= 11 is 0. The molecule has 1 aliphatic carbocycles. The number of hydrogen-bond donors (Lipinski definition) is 0. The van der Waals surface area contributed by atoms with Crippen molar-refractivity contribution in [2.45, 2.75) is 33.6 Å². The topological polar surface area (TPSA) is 34.1 Å². The van der Waals surface area contributed by atoms with Crippen molar-refractivity contribution in [1.82, 2.24) is 0 Å². The van der Waals surface area contributed by atoms with Gasteiger partial charge in [0.25, 0.3) is 0 Å². The molecule has 1 unspecified atom stereocenters. The number of fused-ring (bicyclic) bond motifs is 1. The van der Waals surface area contributed by atoms with Crippen molar-refractivity contribution in [2.75, 3.05) is 0 Å². The Hall–Kier alpha value is -2.22. The van der Waals surface area contributed by atoms with Gasteiger partial charge in [0.2, 0.25) is 0 Å². The summed E-state index contributed by atoms with van der Waals surface area (Å²) in [5.74, 6) is -0.791. The lowest BCUT2D eigenvalue weighted by atomic mass is 9.86. The molecule has 0 saturated heterocycles. The van der Waals surface area contributed by atoms with Crippen LogP contribution in [0.5, 0.6) is 0 Å². The van der Waals surface area contributed by atoms with Crippen molar-refractivity contribution in [2.24, 2.45) is 0 Å². The number of hydrogen-bond acceptors (Lipinski definition) is 2. The van der Waals surface area contributed by atoms with Gasteiger partial charge in [-0.15, -0.1) is 0 Å². The van der Waals surface area contributed by atoms with Crippen LogP contribution < -0.4 is 0 Å². The van der Waals surface area contributed by atoms with E-state index in [1.165, 1.54) is 0 Å². The summed E-state index contributed by atoms with van der Waals surface area (Å²) in [5, 5.41) is 0. The van der Waals surface area contributed by atoms with E-state index in [9.17, 15) is 9.59 Å². The van der Waals surface area contributed by atoms with Crippen molar-refractivity contribution in [1.29, 1.82) is 0 Å². The highest BCUT2D eigenvalue weighted by molar-refractivity contribution is 6.30. The summed E-state index contributed by atoms with van der Waals surface area (Å²) in [6, 6.07) is 9.58. The molecule has 0 heterocycles. The second-order valence-corrected chi connectivity index (χ2v) is 6.02. The number of carbonyl (C=O) groups is 2. The van der Waals surface area contributed by atoms with Crippen LogP contribution >= 0.6 is 0 Å². The largest absolute Gasteiger partial charge is 0.293 e. The number of carbonyl (C=O) groups excluding carboxylic acids is 2. The number of aryl methyl sites for hydroxylation is 4. The minimum atomic E-state index is -0.664. The molecule has 0 saturated carbocycles. The molecule has 3 rings (SSSR count). The fourth-order valence-corrected chi connectivity index (χ4v) is 3.42. The third-order valence-electron chi connectivity index (χ3n) is 4.26. The minimum Gasteiger partial charge on any atom is -0.293 e. The van der Waals surface area contributed by atoms with E-state index in [0.717, 1.165) is 27.8 Å². The summed E-state index contributed by atoms with van der Waals surface area (Å²) in [6.45, 7) is 7.92. The van der Waals surface area contributed by atoms with Crippen molar-refractivity contribution in [3.8, 4) is 0 Å².